The van der Waals surface area contributed by atoms with E-state index in [1.54, 1.807) is 12.5 Å². The summed E-state index contributed by atoms with van der Waals surface area (Å²) in [5.41, 5.74) is 0.884. The third kappa shape index (κ3) is 4.44. The van der Waals surface area contributed by atoms with Gasteiger partial charge in [0.2, 0.25) is 5.91 Å². The lowest BCUT2D eigenvalue weighted by atomic mass is 10.1. The molecule has 0 aliphatic rings. The predicted molar refractivity (Wildman–Crippen MR) is 62.8 cm³/mol. The molecule has 0 aromatic carbocycles. The van der Waals surface area contributed by atoms with E-state index in [-0.39, 0.29) is 11.4 Å². The zero-order valence-corrected chi connectivity index (χ0v) is 10.4. The van der Waals surface area contributed by atoms with Crippen molar-refractivity contribution in [3.05, 3.63) is 18.2 Å². The monoisotopic (exact) mass is 224 g/mol. The number of aryl methyl sites for hydroxylation is 1. The summed E-state index contributed by atoms with van der Waals surface area (Å²) >= 11 is 0. The quantitative estimate of drug-likeness (QED) is 0.779. The molecule has 0 bridgehead atoms. The topological polar surface area (TPSA) is 59.0 Å². The van der Waals surface area contributed by atoms with Crippen LogP contribution in [0.3, 0.4) is 0 Å². The van der Waals surface area contributed by atoms with E-state index in [9.17, 15) is 4.79 Å². The van der Waals surface area contributed by atoms with Crippen LogP contribution in [-0.4, -0.2) is 27.5 Å². The normalized spacial score (nSPS) is 11.5. The highest BCUT2D eigenvalue weighted by Gasteiger charge is 2.12. The number of carbonyl (C=O) groups excluding carboxylic acids is 1. The molecule has 0 aliphatic carbocycles. The minimum Gasteiger partial charge on any atom is -0.350 e. The van der Waals surface area contributed by atoms with Gasteiger partial charge in [-0.25, -0.2) is 4.98 Å². The van der Waals surface area contributed by atoms with Gasteiger partial charge in [-0.2, -0.15) is 0 Å². The van der Waals surface area contributed by atoms with Gasteiger partial charge in [0.15, 0.2) is 0 Å². The molecule has 5 heteroatoms. The molecule has 0 aliphatic heterocycles. The summed E-state index contributed by atoms with van der Waals surface area (Å²) in [7, 11) is 1.93. The van der Waals surface area contributed by atoms with Crippen LogP contribution in [0.15, 0.2) is 12.5 Å². The van der Waals surface area contributed by atoms with E-state index in [1.165, 1.54) is 0 Å². The number of carbonyl (C=O) groups is 1. The van der Waals surface area contributed by atoms with E-state index in [0.29, 0.717) is 13.1 Å². The maximum absolute atomic E-state index is 11.5. The van der Waals surface area contributed by atoms with Gasteiger partial charge in [-0.1, -0.05) is 0 Å². The molecule has 0 fully saturated rings. The van der Waals surface area contributed by atoms with E-state index in [0.717, 1.165) is 5.69 Å². The number of amides is 1. The average molecular weight is 224 g/mol. The first-order valence-electron chi connectivity index (χ1n) is 5.35. The van der Waals surface area contributed by atoms with Gasteiger partial charge in [-0.15, -0.1) is 0 Å². The Bertz CT molecular complexity index is 351. The molecule has 0 atom stereocenters. The molecule has 90 valence electrons. The Morgan fingerprint density at radius 3 is 2.69 bits per heavy atom. The molecule has 1 amide bonds. The highest BCUT2D eigenvalue weighted by Crippen LogP contribution is 1.98. The lowest BCUT2D eigenvalue weighted by molar-refractivity contribution is -0.121. The summed E-state index contributed by atoms with van der Waals surface area (Å²) in [6.07, 6.45) is 3.53. The third-order valence-corrected chi connectivity index (χ3v) is 2.02. The molecule has 0 spiro atoms. The minimum atomic E-state index is -0.175. The third-order valence-electron chi connectivity index (χ3n) is 2.02. The van der Waals surface area contributed by atoms with Crippen molar-refractivity contribution in [1.82, 2.24) is 20.2 Å². The van der Waals surface area contributed by atoms with Crippen LogP contribution < -0.4 is 10.6 Å². The molecule has 16 heavy (non-hydrogen) atoms. The van der Waals surface area contributed by atoms with Crippen LogP contribution in [0.5, 0.6) is 0 Å². The maximum atomic E-state index is 11.5. The molecular formula is C11H20N4O. The molecule has 1 aromatic heterocycles. The number of nitrogens with zero attached hydrogens (tertiary/aromatic N) is 2. The van der Waals surface area contributed by atoms with Crippen LogP contribution in [0, 0.1) is 0 Å². The number of hydrogen-bond donors (Lipinski definition) is 2. The predicted octanol–water partition coefficient (Wildman–Crippen LogP) is 0.424. The molecule has 1 aromatic rings. The zero-order chi connectivity index (χ0) is 12.2. The Morgan fingerprint density at radius 1 is 1.50 bits per heavy atom. The van der Waals surface area contributed by atoms with Crippen molar-refractivity contribution in [3.8, 4) is 0 Å². The summed E-state index contributed by atoms with van der Waals surface area (Å²) in [6, 6.07) is 0. The molecule has 0 saturated heterocycles. The van der Waals surface area contributed by atoms with Gasteiger partial charge in [0.25, 0.3) is 0 Å². The van der Waals surface area contributed by atoms with E-state index in [2.05, 4.69) is 15.6 Å². The number of hydrogen-bond acceptors (Lipinski definition) is 3. The lowest BCUT2D eigenvalue weighted by Gasteiger charge is -2.20. The van der Waals surface area contributed by atoms with Crippen molar-refractivity contribution >= 4 is 5.91 Å². The largest absolute Gasteiger partial charge is 0.350 e. The van der Waals surface area contributed by atoms with E-state index in [4.69, 9.17) is 0 Å². The summed E-state index contributed by atoms with van der Waals surface area (Å²) in [5, 5.41) is 5.97. The standard InChI is InChI=1S/C11H20N4O/c1-11(2,3)14-10(16)7-12-5-9-6-13-8-15(9)4/h6,8,12H,5,7H2,1-4H3,(H,14,16). The Morgan fingerprint density at radius 2 is 2.19 bits per heavy atom. The van der Waals surface area contributed by atoms with Gasteiger partial charge in [0.05, 0.1) is 18.6 Å². The van der Waals surface area contributed by atoms with Gasteiger partial charge in [0.1, 0.15) is 0 Å². The zero-order valence-electron chi connectivity index (χ0n) is 10.4. The number of imidazole rings is 1. The Balaban J connectivity index is 2.26. The highest BCUT2D eigenvalue weighted by molar-refractivity contribution is 5.78. The summed E-state index contributed by atoms with van der Waals surface area (Å²) in [5.74, 6) is 0.00895. The second-order valence-electron chi connectivity index (χ2n) is 4.90. The first-order chi connectivity index (χ1) is 7.38. The van der Waals surface area contributed by atoms with Crippen molar-refractivity contribution < 1.29 is 4.79 Å². The average Bonchev–Trinajstić information content (AvgIpc) is 2.48. The van der Waals surface area contributed by atoms with Crippen molar-refractivity contribution in [2.75, 3.05) is 6.54 Å². The van der Waals surface area contributed by atoms with Crippen LogP contribution in [0.1, 0.15) is 26.5 Å². The van der Waals surface area contributed by atoms with E-state index < -0.39 is 0 Å². The van der Waals surface area contributed by atoms with Gasteiger partial charge in [0, 0.05) is 25.3 Å². The second kappa shape index (κ2) is 5.12. The molecule has 1 heterocycles. The van der Waals surface area contributed by atoms with Crippen molar-refractivity contribution in [2.24, 2.45) is 7.05 Å². The Hall–Kier alpha value is -1.36. The fourth-order valence-electron chi connectivity index (χ4n) is 1.32. The number of aromatic nitrogens is 2. The molecule has 0 unspecified atom stereocenters. The molecule has 1 rings (SSSR count). The summed E-state index contributed by atoms with van der Waals surface area (Å²) < 4.78 is 1.93. The summed E-state index contributed by atoms with van der Waals surface area (Å²) in [4.78, 5) is 15.5. The molecule has 0 saturated carbocycles. The van der Waals surface area contributed by atoms with Crippen molar-refractivity contribution in [2.45, 2.75) is 32.9 Å². The number of nitrogens with one attached hydrogen (secondary N) is 2. The Labute approximate surface area is 96.3 Å². The minimum absolute atomic E-state index is 0.00895. The molecule has 5 nitrogen and oxygen atoms in total. The Kier molecular flexibility index (Phi) is 4.06. The smallest absolute Gasteiger partial charge is 0.234 e. The van der Waals surface area contributed by atoms with Crippen LogP contribution in [0.2, 0.25) is 0 Å². The highest BCUT2D eigenvalue weighted by atomic mass is 16.2. The molecular weight excluding hydrogens is 204 g/mol. The van der Waals surface area contributed by atoms with Gasteiger partial charge < -0.3 is 15.2 Å². The lowest BCUT2D eigenvalue weighted by Crippen LogP contribution is -2.44. The molecule has 2 N–H and O–H groups in total. The van der Waals surface area contributed by atoms with Crippen LogP contribution in [0.25, 0.3) is 0 Å². The van der Waals surface area contributed by atoms with Gasteiger partial charge >= 0.3 is 0 Å². The van der Waals surface area contributed by atoms with E-state index in [1.807, 2.05) is 32.4 Å². The molecule has 0 radical (unpaired) electrons. The SMILES string of the molecule is Cn1cncc1CNCC(=O)NC(C)(C)C. The fraction of sp³-hybridized carbons (Fsp3) is 0.636. The van der Waals surface area contributed by atoms with Crippen molar-refractivity contribution in [1.29, 1.82) is 0 Å². The fourth-order valence-corrected chi connectivity index (χ4v) is 1.32. The van der Waals surface area contributed by atoms with Crippen molar-refractivity contribution in [3.63, 3.8) is 0 Å². The maximum Gasteiger partial charge on any atom is 0.234 e. The summed E-state index contributed by atoms with van der Waals surface area (Å²) in [6.45, 7) is 6.86. The van der Waals surface area contributed by atoms with E-state index >= 15 is 0 Å². The van der Waals surface area contributed by atoms with Crippen LogP contribution in [0.4, 0.5) is 0 Å². The first-order valence-corrected chi connectivity index (χ1v) is 5.35. The van der Waals surface area contributed by atoms with Crippen LogP contribution >= 0.6 is 0 Å². The number of rotatable bonds is 4. The van der Waals surface area contributed by atoms with Crippen LogP contribution in [-0.2, 0) is 18.4 Å². The van der Waals surface area contributed by atoms with Gasteiger partial charge in [-0.05, 0) is 20.8 Å². The van der Waals surface area contributed by atoms with Gasteiger partial charge in [-0.3, -0.25) is 4.79 Å². The second-order valence-corrected chi connectivity index (χ2v) is 4.90. The first kappa shape index (κ1) is 12.7.